The number of nitrogens with zero attached hydrogens (tertiary/aromatic N) is 2. The lowest BCUT2D eigenvalue weighted by molar-refractivity contribution is -0.142. The summed E-state index contributed by atoms with van der Waals surface area (Å²) in [6, 6.07) is 5.48. The fourth-order valence-corrected chi connectivity index (χ4v) is 1.54. The lowest BCUT2D eigenvalue weighted by atomic mass is 10.3. The average Bonchev–Trinajstić information content (AvgIpc) is 2.72. The molecule has 0 bridgehead atoms. The molecule has 0 spiro atoms. The van der Waals surface area contributed by atoms with Crippen molar-refractivity contribution in [2.75, 3.05) is 6.61 Å². The number of aromatic nitrogens is 2. The molecule has 0 aromatic carbocycles. The summed E-state index contributed by atoms with van der Waals surface area (Å²) in [5, 5.41) is 0. The molecule has 0 aliphatic rings. The zero-order valence-corrected chi connectivity index (χ0v) is 10.3. The van der Waals surface area contributed by atoms with Crippen molar-refractivity contribution in [2.45, 2.75) is 20.3 Å². The maximum atomic E-state index is 11.4. The molecule has 5 nitrogen and oxygen atoms in total. The summed E-state index contributed by atoms with van der Waals surface area (Å²) in [7, 11) is 0. The summed E-state index contributed by atoms with van der Waals surface area (Å²) >= 11 is 0. The van der Waals surface area contributed by atoms with E-state index >= 15 is 0 Å². The first-order valence-electron chi connectivity index (χ1n) is 5.74. The standard InChI is InChI=1S/C13H14N2O3/c1-3-17-12(16)8-11-9(2)18-13(15-11)10-6-4-5-7-14-10/h4-7H,3,8H2,1-2H3. The molecule has 0 atom stereocenters. The van der Waals surface area contributed by atoms with Crippen LogP contribution in [0.2, 0.25) is 0 Å². The second-order valence-electron chi connectivity index (χ2n) is 3.72. The van der Waals surface area contributed by atoms with Crippen LogP contribution in [-0.4, -0.2) is 22.5 Å². The van der Waals surface area contributed by atoms with Crippen molar-refractivity contribution in [1.82, 2.24) is 9.97 Å². The predicted octanol–water partition coefficient (Wildman–Crippen LogP) is 2.15. The highest BCUT2D eigenvalue weighted by Gasteiger charge is 2.15. The molecule has 2 rings (SSSR count). The minimum Gasteiger partial charge on any atom is -0.466 e. The molecule has 5 heteroatoms. The van der Waals surface area contributed by atoms with Gasteiger partial charge in [0.25, 0.3) is 0 Å². The zero-order valence-electron chi connectivity index (χ0n) is 10.3. The minimum absolute atomic E-state index is 0.121. The summed E-state index contributed by atoms with van der Waals surface area (Å²) in [5.74, 6) is 0.734. The molecule has 0 fully saturated rings. The Bertz CT molecular complexity index is 534. The van der Waals surface area contributed by atoms with Crippen LogP contribution < -0.4 is 0 Å². The molecule has 0 saturated heterocycles. The van der Waals surface area contributed by atoms with Gasteiger partial charge in [0.15, 0.2) is 0 Å². The first-order valence-corrected chi connectivity index (χ1v) is 5.74. The Labute approximate surface area is 105 Å². The number of esters is 1. The average molecular weight is 246 g/mol. The van der Waals surface area contributed by atoms with Crippen molar-refractivity contribution in [3.63, 3.8) is 0 Å². The highest BCUT2D eigenvalue weighted by Crippen LogP contribution is 2.19. The second-order valence-corrected chi connectivity index (χ2v) is 3.72. The van der Waals surface area contributed by atoms with Crippen LogP contribution in [0.1, 0.15) is 18.4 Å². The van der Waals surface area contributed by atoms with Crippen LogP contribution in [0, 0.1) is 6.92 Å². The van der Waals surface area contributed by atoms with Crippen molar-refractivity contribution in [3.05, 3.63) is 35.9 Å². The highest BCUT2D eigenvalue weighted by atomic mass is 16.5. The molecule has 94 valence electrons. The third-order valence-corrected chi connectivity index (χ3v) is 2.39. The number of carbonyl (C=O) groups excluding carboxylic acids is 1. The van der Waals surface area contributed by atoms with Crippen LogP contribution >= 0.6 is 0 Å². The summed E-state index contributed by atoms with van der Waals surface area (Å²) in [6.45, 7) is 3.91. The molecular weight excluding hydrogens is 232 g/mol. The molecular formula is C13H14N2O3. The smallest absolute Gasteiger partial charge is 0.311 e. The van der Waals surface area contributed by atoms with Gasteiger partial charge in [-0.3, -0.25) is 9.78 Å². The highest BCUT2D eigenvalue weighted by molar-refractivity contribution is 5.72. The van der Waals surface area contributed by atoms with E-state index in [1.165, 1.54) is 0 Å². The van der Waals surface area contributed by atoms with Crippen molar-refractivity contribution in [3.8, 4) is 11.6 Å². The van der Waals surface area contributed by atoms with Crippen LogP contribution in [0.25, 0.3) is 11.6 Å². The topological polar surface area (TPSA) is 65.2 Å². The molecule has 2 aromatic heterocycles. The molecule has 2 heterocycles. The molecule has 0 amide bonds. The van der Waals surface area contributed by atoms with Crippen molar-refractivity contribution < 1.29 is 13.9 Å². The maximum absolute atomic E-state index is 11.4. The number of rotatable bonds is 4. The van der Waals surface area contributed by atoms with E-state index in [1.807, 2.05) is 12.1 Å². The van der Waals surface area contributed by atoms with Gasteiger partial charge in [-0.25, -0.2) is 4.98 Å². The Kier molecular flexibility index (Phi) is 3.72. The van der Waals surface area contributed by atoms with Gasteiger partial charge in [0.1, 0.15) is 11.5 Å². The molecule has 0 aliphatic carbocycles. The number of ether oxygens (including phenoxy) is 1. The largest absolute Gasteiger partial charge is 0.466 e. The minimum atomic E-state index is -0.304. The Morgan fingerprint density at radius 3 is 2.94 bits per heavy atom. The van der Waals surface area contributed by atoms with Crippen molar-refractivity contribution >= 4 is 5.97 Å². The van der Waals surface area contributed by atoms with E-state index in [1.54, 1.807) is 26.1 Å². The fraction of sp³-hybridized carbons (Fsp3) is 0.308. The van der Waals surface area contributed by atoms with E-state index in [0.717, 1.165) is 0 Å². The van der Waals surface area contributed by atoms with E-state index in [2.05, 4.69) is 9.97 Å². The van der Waals surface area contributed by atoms with Gasteiger partial charge in [-0.2, -0.15) is 0 Å². The number of oxazole rings is 1. The first kappa shape index (κ1) is 12.3. The molecule has 0 N–H and O–H groups in total. The van der Waals surface area contributed by atoms with Gasteiger partial charge in [0.2, 0.25) is 5.89 Å². The summed E-state index contributed by atoms with van der Waals surface area (Å²) in [5.41, 5.74) is 1.24. The van der Waals surface area contributed by atoms with Crippen molar-refractivity contribution in [2.24, 2.45) is 0 Å². The van der Waals surface area contributed by atoms with Gasteiger partial charge in [0, 0.05) is 6.20 Å². The van der Waals surface area contributed by atoms with E-state index in [9.17, 15) is 4.79 Å². The molecule has 18 heavy (non-hydrogen) atoms. The van der Waals surface area contributed by atoms with Gasteiger partial charge in [-0.1, -0.05) is 6.07 Å². The summed E-state index contributed by atoms with van der Waals surface area (Å²) < 4.78 is 10.4. The van der Waals surface area contributed by atoms with Crippen molar-refractivity contribution in [1.29, 1.82) is 0 Å². The molecule has 0 radical (unpaired) electrons. The van der Waals surface area contributed by atoms with Crippen LogP contribution in [-0.2, 0) is 16.0 Å². The maximum Gasteiger partial charge on any atom is 0.311 e. The monoisotopic (exact) mass is 246 g/mol. The van der Waals surface area contributed by atoms with Gasteiger partial charge in [-0.05, 0) is 26.0 Å². The third-order valence-electron chi connectivity index (χ3n) is 2.39. The SMILES string of the molecule is CCOC(=O)Cc1nc(-c2ccccn2)oc1C. The van der Waals surface area contributed by atoms with E-state index in [4.69, 9.17) is 9.15 Å². The van der Waals surface area contributed by atoms with Gasteiger partial charge in [-0.15, -0.1) is 0 Å². The van der Waals surface area contributed by atoms with E-state index in [-0.39, 0.29) is 12.4 Å². The van der Waals surface area contributed by atoms with E-state index in [0.29, 0.717) is 29.6 Å². The lowest BCUT2D eigenvalue weighted by Gasteiger charge is -1.98. The molecule has 0 saturated carbocycles. The number of hydrogen-bond donors (Lipinski definition) is 0. The summed E-state index contributed by atoms with van der Waals surface area (Å²) in [6.07, 6.45) is 1.79. The molecule has 0 unspecified atom stereocenters. The normalized spacial score (nSPS) is 10.3. The van der Waals surface area contributed by atoms with Gasteiger partial charge in [0.05, 0.1) is 18.7 Å². The van der Waals surface area contributed by atoms with Crippen LogP contribution in [0.15, 0.2) is 28.8 Å². The Morgan fingerprint density at radius 2 is 2.28 bits per heavy atom. The molecule has 0 aliphatic heterocycles. The van der Waals surface area contributed by atoms with Gasteiger partial charge >= 0.3 is 5.97 Å². The third kappa shape index (κ3) is 2.74. The van der Waals surface area contributed by atoms with E-state index < -0.39 is 0 Å². The van der Waals surface area contributed by atoms with Crippen LogP contribution in [0.3, 0.4) is 0 Å². The predicted molar refractivity (Wildman–Crippen MR) is 64.8 cm³/mol. The number of pyridine rings is 1. The van der Waals surface area contributed by atoms with Crippen LogP contribution in [0.5, 0.6) is 0 Å². The zero-order chi connectivity index (χ0) is 13.0. The second kappa shape index (κ2) is 5.44. The fourth-order valence-electron chi connectivity index (χ4n) is 1.54. The number of hydrogen-bond acceptors (Lipinski definition) is 5. The number of aryl methyl sites for hydroxylation is 1. The number of carbonyl (C=O) groups is 1. The Hall–Kier alpha value is -2.17. The first-order chi connectivity index (χ1) is 8.70. The quantitative estimate of drug-likeness (QED) is 0.773. The van der Waals surface area contributed by atoms with Crippen LogP contribution in [0.4, 0.5) is 0 Å². The Morgan fingerprint density at radius 1 is 1.44 bits per heavy atom. The Balaban J connectivity index is 2.20. The summed E-state index contributed by atoms with van der Waals surface area (Å²) in [4.78, 5) is 19.8. The lowest BCUT2D eigenvalue weighted by Crippen LogP contribution is -2.08. The van der Waals surface area contributed by atoms with Gasteiger partial charge < -0.3 is 9.15 Å². The molecule has 2 aromatic rings.